The van der Waals surface area contributed by atoms with E-state index in [1.165, 1.54) is 34.6 Å². The highest BCUT2D eigenvalue weighted by molar-refractivity contribution is 7.89. The van der Waals surface area contributed by atoms with E-state index in [-0.39, 0.29) is 28.3 Å². The summed E-state index contributed by atoms with van der Waals surface area (Å²) in [7, 11) is -7.72. The molecule has 0 radical (unpaired) electrons. The fraction of sp³-hybridized carbons (Fsp3) is 0.368. The fourth-order valence-corrected chi connectivity index (χ4v) is 6.64. The van der Waals surface area contributed by atoms with Crippen molar-refractivity contribution < 1.29 is 25.4 Å². The van der Waals surface area contributed by atoms with Crippen molar-refractivity contribution in [3.05, 3.63) is 59.9 Å². The third-order valence-electron chi connectivity index (χ3n) is 5.37. The zero-order valence-electron chi connectivity index (χ0n) is 15.2. The lowest BCUT2D eigenvalue weighted by molar-refractivity contribution is -0.0849. The maximum absolute atomic E-state index is 13.8. The van der Waals surface area contributed by atoms with Crippen LogP contribution in [0.15, 0.2) is 58.3 Å². The number of benzene rings is 2. The lowest BCUT2D eigenvalue weighted by Gasteiger charge is -2.57. The van der Waals surface area contributed by atoms with Crippen molar-refractivity contribution in [1.29, 1.82) is 0 Å². The summed E-state index contributed by atoms with van der Waals surface area (Å²) in [5, 5.41) is 0. The van der Waals surface area contributed by atoms with Crippen LogP contribution in [0.4, 0.5) is 4.39 Å². The number of rotatable bonds is 5. The Morgan fingerprint density at radius 3 is 2.21 bits per heavy atom. The molecule has 2 aliphatic rings. The van der Waals surface area contributed by atoms with Crippen LogP contribution < -0.4 is 0 Å². The van der Waals surface area contributed by atoms with Crippen molar-refractivity contribution in [2.75, 3.05) is 13.1 Å². The van der Waals surface area contributed by atoms with Crippen molar-refractivity contribution in [3.63, 3.8) is 0 Å². The molecule has 28 heavy (non-hydrogen) atoms. The lowest BCUT2D eigenvalue weighted by Crippen LogP contribution is -2.65. The van der Waals surface area contributed by atoms with E-state index in [1.54, 1.807) is 12.1 Å². The van der Waals surface area contributed by atoms with Gasteiger partial charge in [0.15, 0.2) is 0 Å². The molecule has 0 unspecified atom stereocenters. The molecule has 2 fully saturated rings. The van der Waals surface area contributed by atoms with Gasteiger partial charge in [0, 0.05) is 18.5 Å². The Labute approximate surface area is 164 Å². The second-order valence-corrected chi connectivity index (χ2v) is 11.1. The van der Waals surface area contributed by atoms with Gasteiger partial charge in [-0.15, -0.1) is 0 Å². The van der Waals surface area contributed by atoms with E-state index in [1.807, 2.05) is 6.92 Å². The molecule has 1 spiro atoms. The molecule has 4 rings (SSSR count). The van der Waals surface area contributed by atoms with Crippen LogP contribution in [0.5, 0.6) is 0 Å². The Hall–Kier alpha value is -1.81. The fourth-order valence-electron chi connectivity index (χ4n) is 3.84. The Bertz CT molecular complexity index is 1100. The van der Waals surface area contributed by atoms with Gasteiger partial charge in [-0.05, 0) is 44.0 Å². The van der Waals surface area contributed by atoms with E-state index in [9.17, 15) is 21.2 Å². The number of nitrogens with zero attached hydrogens (tertiary/aromatic N) is 1. The van der Waals surface area contributed by atoms with Crippen molar-refractivity contribution in [2.45, 2.75) is 35.7 Å². The highest BCUT2D eigenvalue weighted by Crippen LogP contribution is 2.51. The maximum Gasteiger partial charge on any atom is 0.297 e. The molecule has 2 aromatic carbocycles. The minimum atomic E-state index is -3.88. The van der Waals surface area contributed by atoms with Crippen molar-refractivity contribution >= 4 is 20.1 Å². The number of hydrogen-bond acceptors (Lipinski definition) is 5. The third kappa shape index (κ3) is 3.36. The molecule has 0 atom stereocenters. The molecule has 0 aromatic heterocycles. The molecule has 150 valence electrons. The van der Waals surface area contributed by atoms with Gasteiger partial charge in [-0.3, -0.25) is 4.18 Å². The largest absolute Gasteiger partial charge is 0.297 e. The number of aryl methyl sites for hydroxylation is 1. The minimum absolute atomic E-state index is 0.108. The van der Waals surface area contributed by atoms with E-state index < -0.39 is 32.1 Å². The van der Waals surface area contributed by atoms with E-state index >= 15 is 0 Å². The van der Waals surface area contributed by atoms with Crippen LogP contribution in [0.2, 0.25) is 0 Å². The Kier molecular flexibility index (Phi) is 4.61. The zero-order chi connectivity index (χ0) is 20.2. The summed E-state index contributed by atoms with van der Waals surface area (Å²) in [5.74, 6) is -0.775. The van der Waals surface area contributed by atoms with E-state index in [4.69, 9.17) is 4.18 Å². The van der Waals surface area contributed by atoms with Gasteiger partial charge in [0.25, 0.3) is 10.1 Å². The molecule has 6 nitrogen and oxygen atoms in total. The Balaban J connectivity index is 1.37. The molecule has 0 bridgehead atoms. The third-order valence-corrected chi connectivity index (χ3v) is 8.57. The molecule has 2 aromatic rings. The number of hydrogen-bond donors (Lipinski definition) is 0. The topological polar surface area (TPSA) is 80.8 Å². The van der Waals surface area contributed by atoms with Gasteiger partial charge in [0.1, 0.15) is 10.7 Å². The van der Waals surface area contributed by atoms with Crippen molar-refractivity contribution in [2.24, 2.45) is 5.41 Å². The molecule has 9 heteroatoms. The predicted octanol–water partition coefficient (Wildman–Crippen LogP) is 2.69. The number of sulfonamides is 1. The van der Waals surface area contributed by atoms with Gasteiger partial charge in [-0.2, -0.15) is 12.7 Å². The van der Waals surface area contributed by atoms with Gasteiger partial charge >= 0.3 is 0 Å². The van der Waals surface area contributed by atoms with Crippen LogP contribution in [-0.2, 0) is 24.3 Å². The molecule has 0 amide bonds. The Morgan fingerprint density at radius 2 is 1.61 bits per heavy atom. The van der Waals surface area contributed by atoms with E-state index in [0.29, 0.717) is 12.8 Å². The molecule has 1 saturated carbocycles. The molecule has 1 saturated heterocycles. The molecule has 1 heterocycles. The SMILES string of the molecule is Cc1ccc(S(=O)(=O)OC2CC3(C2)CN(S(=O)(=O)c2ccccc2F)C3)cc1. The van der Waals surface area contributed by atoms with Gasteiger partial charge in [-0.25, -0.2) is 12.8 Å². The molecule has 1 aliphatic carbocycles. The first-order chi connectivity index (χ1) is 13.1. The standard InChI is InChI=1S/C19H20FNO5S2/c1-14-6-8-16(9-7-14)28(24,25)26-15-10-19(11-15)12-21(13-19)27(22,23)18-5-3-2-4-17(18)20/h2-9,15H,10-13H2,1H3. The normalized spacial score (nSPS) is 19.9. The van der Waals surface area contributed by atoms with Gasteiger partial charge in [0.05, 0.1) is 11.0 Å². The second-order valence-electron chi connectivity index (χ2n) is 7.60. The summed E-state index contributed by atoms with van der Waals surface area (Å²) in [6.07, 6.45) is 0.451. The molecule has 0 N–H and O–H groups in total. The summed E-state index contributed by atoms with van der Waals surface area (Å²) in [5.41, 5.74) is 0.665. The summed E-state index contributed by atoms with van der Waals surface area (Å²) < 4.78 is 70.1. The summed E-state index contributed by atoms with van der Waals surface area (Å²) in [6, 6.07) is 11.7. The van der Waals surface area contributed by atoms with Crippen molar-refractivity contribution in [1.82, 2.24) is 4.31 Å². The zero-order valence-corrected chi connectivity index (χ0v) is 16.8. The summed E-state index contributed by atoms with van der Waals surface area (Å²) in [4.78, 5) is -0.227. The Morgan fingerprint density at radius 1 is 1.00 bits per heavy atom. The first-order valence-electron chi connectivity index (χ1n) is 8.86. The van der Waals surface area contributed by atoms with Gasteiger partial charge < -0.3 is 0 Å². The molecular weight excluding hydrogens is 405 g/mol. The second kappa shape index (κ2) is 6.62. The average Bonchev–Trinajstić information content (AvgIpc) is 2.56. The quantitative estimate of drug-likeness (QED) is 0.688. The maximum atomic E-state index is 13.8. The monoisotopic (exact) mass is 425 g/mol. The van der Waals surface area contributed by atoms with Crippen LogP contribution in [0.1, 0.15) is 18.4 Å². The summed E-state index contributed by atoms with van der Waals surface area (Å²) >= 11 is 0. The van der Waals surface area contributed by atoms with E-state index in [2.05, 4.69) is 0 Å². The first-order valence-corrected chi connectivity index (χ1v) is 11.7. The van der Waals surface area contributed by atoms with Crippen LogP contribution in [0, 0.1) is 18.2 Å². The molecular formula is C19H20FNO5S2. The van der Waals surface area contributed by atoms with Gasteiger partial charge in [-0.1, -0.05) is 29.8 Å². The number of halogens is 1. The minimum Gasteiger partial charge on any atom is -0.263 e. The van der Waals surface area contributed by atoms with E-state index in [0.717, 1.165) is 11.6 Å². The molecule has 1 aliphatic heterocycles. The smallest absolute Gasteiger partial charge is 0.263 e. The highest BCUT2D eigenvalue weighted by atomic mass is 32.2. The van der Waals surface area contributed by atoms with Crippen LogP contribution in [-0.4, -0.2) is 40.3 Å². The van der Waals surface area contributed by atoms with Crippen LogP contribution in [0.3, 0.4) is 0 Å². The van der Waals surface area contributed by atoms with Gasteiger partial charge in [0.2, 0.25) is 10.0 Å². The summed E-state index contributed by atoms with van der Waals surface area (Å²) in [6.45, 7) is 2.35. The predicted molar refractivity (Wildman–Crippen MR) is 100 cm³/mol. The highest BCUT2D eigenvalue weighted by Gasteiger charge is 2.57. The first kappa shape index (κ1) is 19.5. The average molecular weight is 426 g/mol. The van der Waals surface area contributed by atoms with Crippen LogP contribution >= 0.6 is 0 Å². The lowest BCUT2D eigenvalue weighted by atomic mass is 9.63. The van der Waals surface area contributed by atoms with Crippen LogP contribution in [0.25, 0.3) is 0 Å². The van der Waals surface area contributed by atoms with Crippen molar-refractivity contribution in [3.8, 4) is 0 Å².